The highest BCUT2D eigenvalue weighted by Gasteiger charge is 2.37. The molecule has 8 heteroatoms. The van der Waals surface area contributed by atoms with Gasteiger partial charge in [-0.25, -0.2) is 3.63 Å². The maximum Gasteiger partial charge on any atom is 0.277 e. The van der Waals surface area contributed by atoms with E-state index in [1.165, 1.54) is 0 Å². The molecule has 0 amide bonds. The smallest absolute Gasteiger partial charge is 0.277 e. The van der Waals surface area contributed by atoms with Crippen LogP contribution < -0.4 is 14.5 Å². The van der Waals surface area contributed by atoms with Crippen molar-refractivity contribution < 1.29 is 16.8 Å². The monoisotopic (exact) mass is 558 g/mol. The van der Waals surface area contributed by atoms with E-state index in [0.717, 1.165) is 32.5 Å². The summed E-state index contributed by atoms with van der Waals surface area (Å²) in [7, 11) is 1.42. The van der Waals surface area contributed by atoms with Gasteiger partial charge in [-0.1, -0.05) is 13.3 Å². The predicted octanol–water partition coefficient (Wildman–Crippen LogP) is 7.34. The van der Waals surface area contributed by atoms with E-state index in [2.05, 4.69) is 0 Å². The second-order valence-electron chi connectivity index (χ2n) is 10.7. The van der Waals surface area contributed by atoms with Crippen LogP contribution in [0.25, 0.3) is 0 Å². The molecule has 0 atom stereocenters. The average molecular weight is 559 g/mol. The fourth-order valence-corrected chi connectivity index (χ4v) is 9.44. The van der Waals surface area contributed by atoms with Gasteiger partial charge in [-0.05, 0) is 110 Å². The molecule has 38 heavy (non-hydrogen) atoms. The van der Waals surface area contributed by atoms with Gasteiger partial charge in [-0.3, -0.25) is 0 Å². The largest absolute Gasteiger partial charge is 0.488 e. The molecule has 3 aromatic carbocycles. The Morgan fingerprint density at radius 2 is 1.08 bits per heavy atom. The Balaban J connectivity index is 2.30. The van der Waals surface area contributed by atoms with Crippen LogP contribution in [0.15, 0.2) is 87.5 Å². The van der Waals surface area contributed by atoms with Gasteiger partial charge >= 0.3 is 0 Å². The third-order valence-electron chi connectivity index (χ3n) is 5.90. The van der Waals surface area contributed by atoms with Crippen molar-refractivity contribution >= 4 is 31.8 Å². The number of unbranched alkanes of at least 4 members (excludes halogenated alkanes) is 1. The lowest BCUT2D eigenvalue weighted by Gasteiger charge is -2.40. The summed E-state index contributed by atoms with van der Waals surface area (Å²) in [5.74, 6) is 0.684. The number of hydrogen-bond donors (Lipinski definition) is 0. The first-order valence-corrected chi connectivity index (χ1v) is 16.0. The second kappa shape index (κ2) is 12.0. The molecule has 0 heterocycles. The third kappa shape index (κ3) is 7.24. The molecule has 0 spiro atoms. The van der Waals surface area contributed by atoms with Gasteiger partial charge in [0.1, 0.15) is 11.4 Å². The molecule has 0 fully saturated rings. The van der Waals surface area contributed by atoms with Gasteiger partial charge in [0.25, 0.3) is 10.1 Å². The van der Waals surface area contributed by atoms with E-state index in [0.29, 0.717) is 12.2 Å². The normalized spacial score (nSPS) is 12.7. The van der Waals surface area contributed by atoms with Crippen LogP contribution in [0.2, 0.25) is 0 Å². The van der Waals surface area contributed by atoms with Gasteiger partial charge in [0.15, 0.2) is 0 Å². The molecule has 208 valence electrons. The van der Waals surface area contributed by atoms with Crippen LogP contribution in [0.4, 0.5) is 11.4 Å². The maximum atomic E-state index is 13.5. The lowest BCUT2D eigenvalue weighted by atomic mass is 10.2. The van der Waals surface area contributed by atoms with Gasteiger partial charge in [0.05, 0.1) is 5.75 Å². The Morgan fingerprint density at radius 3 is 1.42 bits per heavy atom. The van der Waals surface area contributed by atoms with Gasteiger partial charge in [0, 0.05) is 54.3 Å². The Morgan fingerprint density at radius 1 is 0.684 bits per heavy atom. The molecule has 6 nitrogen and oxygen atoms in total. The number of nitrogens with zero attached hydrogens (tertiary/aromatic N) is 2. The fourth-order valence-electron chi connectivity index (χ4n) is 3.96. The first kappa shape index (κ1) is 29.9. The molecule has 0 N–H and O–H groups in total. The van der Waals surface area contributed by atoms with E-state index >= 15 is 0 Å². The highest BCUT2D eigenvalue weighted by atomic mass is 32.3. The molecule has 0 saturated carbocycles. The molecule has 0 aliphatic rings. The van der Waals surface area contributed by atoms with E-state index in [9.17, 15) is 8.42 Å². The number of ether oxygens (including phenoxy) is 1. The van der Waals surface area contributed by atoms with Crippen LogP contribution in [-0.4, -0.2) is 48.0 Å². The van der Waals surface area contributed by atoms with Crippen molar-refractivity contribution in [2.24, 2.45) is 0 Å². The molecule has 0 aliphatic heterocycles. The van der Waals surface area contributed by atoms with Gasteiger partial charge in [-0.2, -0.15) is 8.42 Å². The van der Waals surface area contributed by atoms with Gasteiger partial charge in [0.2, 0.25) is 0 Å². The van der Waals surface area contributed by atoms with Crippen molar-refractivity contribution in [2.75, 3.05) is 43.7 Å². The van der Waals surface area contributed by atoms with Crippen LogP contribution in [0, 0.1) is 0 Å². The number of hydrogen-bond acceptors (Lipinski definition) is 6. The highest BCUT2D eigenvalue weighted by molar-refractivity contribution is 8.33. The Hall–Kier alpha value is -2.68. The summed E-state index contributed by atoms with van der Waals surface area (Å²) in [6.45, 7) is 7.97. The lowest BCUT2D eigenvalue weighted by molar-refractivity contribution is 0.131. The molecule has 0 radical (unpaired) electrons. The van der Waals surface area contributed by atoms with Crippen LogP contribution in [0.1, 0.15) is 40.5 Å². The highest BCUT2D eigenvalue weighted by Crippen LogP contribution is 2.70. The minimum absolute atomic E-state index is 0.0327. The number of anilines is 2. The summed E-state index contributed by atoms with van der Waals surface area (Å²) in [4.78, 5) is 6.44. The van der Waals surface area contributed by atoms with Crippen molar-refractivity contribution in [3.63, 3.8) is 0 Å². The molecule has 0 bridgehead atoms. The lowest BCUT2D eigenvalue weighted by Crippen LogP contribution is -2.23. The molecule has 0 saturated heterocycles. The Kier molecular flexibility index (Phi) is 9.44. The Bertz CT molecular complexity index is 1230. The Labute approximate surface area is 231 Å². The molecular weight excluding hydrogens is 516 g/mol. The van der Waals surface area contributed by atoms with E-state index in [4.69, 9.17) is 8.37 Å². The predicted molar refractivity (Wildman–Crippen MR) is 161 cm³/mol. The van der Waals surface area contributed by atoms with Gasteiger partial charge in [-0.15, -0.1) is 0 Å². The van der Waals surface area contributed by atoms with Crippen molar-refractivity contribution in [3.05, 3.63) is 72.8 Å². The summed E-state index contributed by atoms with van der Waals surface area (Å²) in [5.41, 5.74) is 1.69. The van der Waals surface area contributed by atoms with Crippen LogP contribution in [-0.2, 0) is 13.7 Å². The van der Waals surface area contributed by atoms with Crippen molar-refractivity contribution in [1.82, 2.24) is 0 Å². The van der Waals surface area contributed by atoms with E-state index in [-0.39, 0.29) is 11.4 Å². The molecule has 0 aromatic heterocycles. The molecule has 3 rings (SSSR count). The number of rotatable bonds is 11. The second-order valence-corrected chi connectivity index (χ2v) is 15.3. The SMILES string of the molecule is CCCCS(=O)(=O)OS(c1ccc(OC(C)(C)C)cc1)(c1ccc(N(C)C)cc1)c1ccc(N(C)C)cc1. The summed E-state index contributed by atoms with van der Waals surface area (Å²) in [6.07, 6.45) is 1.30. The fraction of sp³-hybridized carbons (Fsp3) is 0.400. The standard InChI is InChI=1S/C30H42N2O4S2/c1-9-10-23-37(33,34)36-38(27-17-11-24(12-18-27)31(5)6,28-19-13-25(14-20-28)32(7)8)29-21-15-26(16-22-29)35-30(2,3)4/h11-22H,9-10,23H2,1-8H3. The van der Waals surface area contributed by atoms with Crippen molar-refractivity contribution in [3.8, 4) is 5.75 Å². The molecule has 3 aromatic rings. The molecule has 0 aliphatic carbocycles. The summed E-state index contributed by atoms with van der Waals surface area (Å²) < 4.78 is 39.4. The zero-order chi connectivity index (χ0) is 28.1. The molecule has 0 unspecified atom stereocenters. The first-order chi connectivity index (χ1) is 17.8. The number of benzene rings is 3. The first-order valence-electron chi connectivity index (χ1n) is 12.9. The van der Waals surface area contributed by atoms with Crippen LogP contribution >= 0.6 is 10.3 Å². The summed E-state index contributed by atoms with van der Waals surface area (Å²) in [5, 5.41) is 0. The van der Waals surface area contributed by atoms with Gasteiger partial charge < -0.3 is 14.5 Å². The van der Waals surface area contributed by atoms with E-state index < -0.39 is 20.4 Å². The minimum Gasteiger partial charge on any atom is -0.488 e. The van der Waals surface area contributed by atoms with Crippen LogP contribution in [0.3, 0.4) is 0 Å². The summed E-state index contributed by atoms with van der Waals surface area (Å²) >= 11 is 0. The molecular formula is C30H42N2O4S2. The zero-order valence-corrected chi connectivity index (χ0v) is 25.5. The zero-order valence-electron chi connectivity index (χ0n) is 23.9. The van der Waals surface area contributed by atoms with Crippen molar-refractivity contribution in [1.29, 1.82) is 0 Å². The average Bonchev–Trinajstić information content (AvgIpc) is 2.86. The quantitative estimate of drug-likeness (QED) is 0.245. The summed E-state index contributed by atoms with van der Waals surface area (Å²) in [6, 6.07) is 23.6. The van der Waals surface area contributed by atoms with E-state index in [1.54, 1.807) is 0 Å². The third-order valence-corrected chi connectivity index (χ3v) is 11.1. The van der Waals surface area contributed by atoms with Crippen molar-refractivity contribution in [2.45, 2.75) is 60.8 Å². The van der Waals surface area contributed by atoms with Crippen LogP contribution in [0.5, 0.6) is 5.75 Å². The minimum atomic E-state index is -3.85. The van der Waals surface area contributed by atoms with E-state index in [1.807, 2.05) is 138 Å². The topological polar surface area (TPSA) is 59.1 Å². The maximum absolute atomic E-state index is 13.5.